The Kier molecular flexibility index (Phi) is 3.01. The molecule has 1 fully saturated rings. The summed E-state index contributed by atoms with van der Waals surface area (Å²) in [6.45, 7) is 2.74. The number of piperidine rings is 1. The van der Waals surface area contributed by atoms with Gasteiger partial charge in [0, 0.05) is 30.8 Å². The van der Waals surface area contributed by atoms with Crippen molar-refractivity contribution in [3.63, 3.8) is 0 Å². The van der Waals surface area contributed by atoms with E-state index < -0.39 is 0 Å². The van der Waals surface area contributed by atoms with Crippen LogP contribution in [0, 0.1) is 0 Å². The van der Waals surface area contributed by atoms with Crippen LogP contribution in [-0.4, -0.2) is 39.6 Å². The number of aromatic nitrogens is 3. The van der Waals surface area contributed by atoms with E-state index in [1.807, 2.05) is 22.8 Å². The maximum Gasteiger partial charge on any atom is 0.160 e. The third-order valence-corrected chi connectivity index (χ3v) is 3.67. The van der Waals surface area contributed by atoms with Crippen molar-refractivity contribution in [2.45, 2.75) is 25.3 Å². The van der Waals surface area contributed by atoms with Crippen molar-refractivity contribution in [2.24, 2.45) is 5.73 Å². The van der Waals surface area contributed by atoms with Crippen LogP contribution >= 0.6 is 0 Å². The van der Waals surface area contributed by atoms with Crippen molar-refractivity contribution >= 4 is 5.65 Å². The van der Waals surface area contributed by atoms with Gasteiger partial charge in [0.2, 0.25) is 0 Å². The lowest BCUT2D eigenvalue weighted by molar-refractivity contribution is 0.246. The Balaban J connectivity index is 1.97. The van der Waals surface area contributed by atoms with E-state index in [2.05, 4.69) is 22.0 Å². The van der Waals surface area contributed by atoms with Crippen molar-refractivity contribution in [1.29, 1.82) is 0 Å². The third kappa shape index (κ3) is 2.00. The Labute approximate surface area is 107 Å². The molecule has 1 saturated heterocycles. The lowest BCUT2D eigenvalue weighted by Gasteiger charge is -2.27. The van der Waals surface area contributed by atoms with Gasteiger partial charge < -0.3 is 10.6 Å². The molecule has 0 aromatic carbocycles. The largest absolute Gasteiger partial charge is 0.326 e. The van der Waals surface area contributed by atoms with E-state index in [-0.39, 0.29) is 0 Å². The predicted octanol–water partition coefficient (Wildman–Crippen LogP) is 0.997. The highest BCUT2D eigenvalue weighted by Crippen LogP contribution is 2.24. The summed E-state index contributed by atoms with van der Waals surface area (Å²) in [5.41, 5.74) is 7.70. The summed E-state index contributed by atoms with van der Waals surface area (Å²) in [5.74, 6) is 1.41. The first kappa shape index (κ1) is 11.6. The van der Waals surface area contributed by atoms with E-state index in [9.17, 15) is 0 Å². The van der Waals surface area contributed by atoms with Gasteiger partial charge in [-0.1, -0.05) is 6.07 Å². The minimum absolute atomic E-state index is 0.453. The summed E-state index contributed by atoms with van der Waals surface area (Å²) in [5, 5.41) is 4.60. The van der Waals surface area contributed by atoms with Gasteiger partial charge in [-0.3, -0.25) is 0 Å². The molecule has 18 heavy (non-hydrogen) atoms. The highest BCUT2D eigenvalue weighted by Gasteiger charge is 2.23. The van der Waals surface area contributed by atoms with Gasteiger partial charge in [-0.15, -0.1) is 0 Å². The number of nitrogens with two attached hydrogens (primary N) is 1. The molecule has 1 aliphatic rings. The Morgan fingerprint density at radius 2 is 2.39 bits per heavy atom. The molecular weight excluding hydrogens is 226 g/mol. The van der Waals surface area contributed by atoms with Crippen LogP contribution in [0.4, 0.5) is 0 Å². The van der Waals surface area contributed by atoms with Gasteiger partial charge >= 0.3 is 0 Å². The summed E-state index contributed by atoms with van der Waals surface area (Å²) < 4.78 is 1.85. The predicted molar refractivity (Wildman–Crippen MR) is 70.4 cm³/mol. The molecule has 0 spiro atoms. The van der Waals surface area contributed by atoms with Gasteiger partial charge in [0.25, 0.3) is 0 Å². The highest BCUT2D eigenvalue weighted by atomic mass is 15.3. The van der Waals surface area contributed by atoms with Gasteiger partial charge in [-0.25, -0.2) is 9.50 Å². The highest BCUT2D eigenvalue weighted by molar-refractivity contribution is 5.47. The standard InChI is InChI=1S/C13H19N5/c1-17-6-2-5-11(9-17)12-15-13-10(8-14)4-3-7-18(13)16-12/h3-4,7,11H,2,5-6,8-9,14H2,1H3. The Hall–Kier alpha value is -1.46. The molecule has 0 saturated carbocycles. The fourth-order valence-electron chi connectivity index (χ4n) is 2.69. The number of pyridine rings is 1. The van der Waals surface area contributed by atoms with Crippen LogP contribution in [0.25, 0.3) is 5.65 Å². The normalized spacial score (nSPS) is 21.6. The van der Waals surface area contributed by atoms with E-state index in [1.165, 1.54) is 19.4 Å². The molecule has 1 aliphatic heterocycles. The van der Waals surface area contributed by atoms with Gasteiger partial charge in [0.1, 0.15) is 0 Å². The van der Waals surface area contributed by atoms with Crippen molar-refractivity contribution in [3.05, 3.63) is 29.7 Å². The molecule has 96 valence electrons. The quantitative estimate of drug-likeness (QED) is 0.857. The topological polar surface area (TPSA) is 59.5 Å². The van der Waals surface area contributed by atoms with Crippen LogP contribution in [0.5, 0.6) is 0 Å². The zero-order valence-corrected chi connectivity index (χ0v) is 10.7. The maximum absolute atomic E-state index is 5.74. The summed E-state index contributed by atoms with van der Waals surface area (Å²) in [6, 6.07) is 3.99. The maximum atomic E-state index is 5.74. The number of hydrogen-bond donors (Lipinski definition) is 1. The molecule has 1 atom stereocenters. The van der Waals surface area contributed by atoms with Gasteiger partial charge in [0.05, 0.1) is 0 Å². The van der Waals surface area contributed by atoms with Crippen LogP contribution in [-0.2, 0) is 6.54 Å². The second kappa shape index (κ2) is 4.66. The molecule has 0 bridgehead atoms. The van der Waals surface area contributed by atoms with Gasteiger partial charge in [-0.2, -0.15) is 5.10 Å². The van der Waals surface area contributed by atoms with Crippen LogP contribution in [0.2, 0.25) is 0 Å². The number of nitrogens with zero attached hydrogens (tertiary/aromatic N) is 4. The Morgan fingerprint density at radius 1 is 1.50 bits per heavy atom. The first-order chi connectivity index (χ1) is 8.78. The molecule has 2 aromatic heterocycles. The Bertz CT molecular complexity index is 547. The average molecular weight is 245 g/mol. The molecule has 0 amide bonds. The van der Waals surface area contributed by atoms with E-state index in [4.69, 9.17) is 5.73 Å². The van der Waals surface area contributed by atoms with E-state index in [1.54, 1.807) is 0 Å². The van der Waals surface area contributed by atoms with Crippen molar-refractivity contribution < 1.29 is 0 Å². The molecule has 3 rings (SSSR count). The minimum Gasteiger partial charge on any atom is -0.326 e. The molecule has 5 nitrogen and oxygen atoms in total. The average Bonchev–Trinajstić information content (AvgIpc) is 2.82. The molecule has 2 aromatic rings. The fraction of sp³-hybridized carbons (Fsp3) is 0.538. The van der Waals surface area contributed by atoms with E-state index in [0.717, 1.165) is 23.6 Å². The molecule has 0 aliphatic carbocycles. The summed E-state index contributed by atoms with van der Waals surface area (Å²) in [7, 11) is 2.16. The summed E-state index contributed by atoms with van der Waals surface area (Å²) >= 11 is 0. The number of rotatable bonds is 2. The number of fused-ring (bicyclic) bond motifs is 1. The van der Waals surface area contributed by atoms with Crippen molar-refractivity contribution in [1.82, 2.24) is 19.5 Å². The second-order valence-corrected chi connectivity index (χ2v) is 5.08. The van der Waals surface area contributed by atoms with E-state index in [0.29, 0.717) is 12.5 Å². The first-order valence-corrected chi connectivity index (χ1v) is 6.50. The zero-order valence-electron chi connectivity index (χ0n) is 10.7. The van der Waals surface area contributed by atoms with Crippen LogP contribution in [0.15, 0.2) is 18.3 Å². The molecule has 5 heteroatoms. The molecule has 1 unspecified atom stereocenters. The number of hydrogen-bond acceptors (Lipinski definition) is 4. The monoisotopic (exact) mass is 245 g/mol. The molecular formula is C13H19N5. The minimum atomic E-state index is 0.453. The van der Waals surface area contributed by atoms with Crippen molar-refractivity contribution in [2.75, 3.05) is 20.1 Å². The van der Waals surface area contributed by atoms with Crippen LogP contribution < -0.4 is 5.73 Å². The fourth-order valence-corrected chi connectivity index (χ4v) is 2.69. The first-order valence-electron chi connectivity index (χ1n) is 6.50. The summed E-state index contributed by atoms with van der Waals surface area (Å²) in [6.07, 6.45) is 4.34. The van der Waals surface area contributed by atoms with Gasteiger partial charge in [-0.05, 0) is 32.5 Å². The van der Waals surface area contributed by atoms with Crippen LogP contribution in [0.3, 0.4) is 0 Å². The lowest BCUT2D eigenvalue weighted by atomic mass is 9.98. The zero-order chi connectivity index (χ0) is 12.5. The molecule has 2 N–H and O–H groups in total. The second-order valence-electron chi connectivity index (χ2n) is 5.08. The SMILES string of the molecule is CN1CCCC(c2nc3c(CN)cccn3n2)C1. The smallest absolute Gasteiger partial charge is 0.160 e. The number of likely N-dealkylation sites (N-methyl/N-ethyl adjacent to an activating group) is 1. The number of likely N-dealkylation sites (tertiary alicyclic amines) is 1. The lowest BCUT2D eigenvalue weighted by Crippen LogP contribution is -2.31. The van der Waals surface area contributed by atoms with Gasteiger partial charge in [0.15, 0.2) is 11.5 Å². The third-order valence-electron chi connectivity index (χ3n) is 3.67. The van der Waals surface area contributed by atoms with Crippen molar-refractivity contribution in [3.8, 4) is 0 Å². The molecule has 0 radical (unpaired) electrons. The molecule has 3 heterocycles. The van der Waals surface area contributed by atoms with E-state index >= 15 is 0 Å². The Morgan fingerprint density at radius 3 is 3.17 bits per heavy atom. The van der Waals surface area contributed by atoms with Crippen LogP contribution in [0.1, 0.15) is 30.1 Å². The summed E-state index contributed by atoms with van der Waals surface area (Å²) in [4.78, 5) is 7.04.